The molecule has 1 aromatic heterocycles. The maximum Gasteiger partial charge on any atom is 0.269 e. The molecule has 3 N–H and O–H groups in total. The van der Waals surface area contributed by atoms with Gasteiger partial charge in [0.05, 0.1) is 11.4 Å². The Kier molecular flexibility index (Phi) is 2.87. The van der Waals surface area contributed by atoms with E-state index in [2.05, 4.69) is 4.98 Å². The van der Waals surface area contributed by atoms with Gasteiger partial charge in [-0.2, -0.15) is 0 Å². The van der Waals surface area contributed by atoms with Crippen molar-refractivity contribution in [2.24, 2.45) is 0 Å². The Bertz CT molecular complexity index is 364. The van der Waals surface area contributed by atoms with E-state index in [-0.39, 0.29) is 11.7 Å². The van der Waals surface area contributed by atoms with Crippen LogP contribution in [0, 0.1) is 0 Å². The Morgan fingerprint density at radius 2 is 2.23 bits per heavy atom. The molecular formula is C7H7ClF2N2O. The lowest BCUT2D eigenvalue weighted by molar-refractivity contribution is 0.149. The second-order valence-electron chi connectivity index (χ2n) is 2.43. The van der Waals surface area contributed by atoms with Crippen molar-refractivity contribution in [1.82, 2.24) is 4.98 Å². The maximum absolute atomic E-state index is 12.2. The highest BCUT2D eigenvalue weighted by molar-refractivity contribution is 6.17. The third-order valence-corrected chi connectivity index (χ3v) is 1.85. The van der Waals surface area contributed by atoms with Gasteiger partial charge in [-0.1, -0.05) is 0 Å². The molecule has 1 aromatic rings. The monoisotopic (exact) mass is 208 g/mol. The van der Waals surface area contributed by atoms with Crippen LogP contribution in [0.25, 0.3) is 0 Å². The summed E-state index contributed by atoms with van der Waals surface area (Å²) in [6.45, 7) is 0. The lowest BCUT2D eigenvalue weighted by Crippen LogP contribution is -2.16. The summed E-state index contributed by atoms with van der Waals surface area (Å²) >= 11 is 5.41. The molecule has 0 bridgehead atoms. The average molecular weight is 209 g/mol. The van der Waals surface area contributed by atoms with E-state index in [1.807, 2.05) is 0 Å². The van der Waals surface area contributed by atoms with Crippen molar-refractivity contribution in [2.45, 2.75) is 12.3 Å². The molecule has 1 rings (SSSR count). The normalized spacial score (nSPS) is 10.8. The number of hydrogen-bond donors (Lipinski definition) is 2. The zero-order valence-corrected chi connectivity index (χ0v) is 7.24. The highest BCUT2D eigenvalue weighted by Gasteiger charge is 2.14. The van der Waals surface area contributed by atoms with E-state index < -0.39 is 17.5 Å². The minimum absolute atomic E-state index is 0.0116. The van der Waals surface area contributed by atoms with Crippen LogP contribution in [-0.4, -0.2) is 4.98 Å². The number of aromatic nitrogens is 1. The molecule has 0 aromatic carbocycles. The second kappa shape index (κ2) is 3.74. The molecule has 0 amide bonds. The minimum Gasteiger partial charge on any atom is -0.385 e. The summed E-state index contributed by atoms with van der Waals surface area (Å²) in [7, 11) is 0. The number of pyridine rings is 1. The molecule has 72 valence electrons. The average Bonchev–Trinajstić information content (AvgIpc) is 2.03. The number of halogens is 3. The number of nitrogen functional groups attached to an aromatic ring is 1. The first-order valence-corrected chi connectivity index (χ1v) is 3.95. The first-order valence-electron chi connectivity index (χ1n) is 3.42. The number of anilines is 1. The predicted octanol–water partition coefficient (Wildman–Crippen LogP) is 1.63. The summed E-state index contributed by atoms with van der Waals surface area (Å²) < 4.78 is 24.3. The molecule has 0 saturated carbocycles. The molecule has 0 radical (unpaired) electrons. The third kappa shape index (κ3) is 1.98. The number of alkyl halides is 3. The molecule has 0 unspecified atom stereocenters. The minimum atomic E-state index is -2.81. The van der Waals surface area contributed by atoms with Crippen LogP contribution in [0.2, 0.25) is 0 Å². The molecule has 0 aliphatic heterocycles. The van der Waals surface area contributed by atoms with Gasteiger partial charge in [-0.3, -0.25) is 4.79 Å². The highest BCUT2D eigenvalue weighted by atomic mass is 35.5. The SMILES string of the molecule is Nc1[nH]c(=O)c(C(F)F)cc1CCl. The van der Waals surface area contributed by atoms with Crippen molar-refractivity contribution in [3.63, 3.8) is 0 Å². The van der Waals surface area contributed by atoms with Crippen LogP contribution in [0.1, 0.15) is 17.6 Å². The number of aromatic amines is 1. The number of rotatable bonds is 2. The van der Waals surface area contributed by atoms with Crippen molar-refractivity contribution in [3.8, 4) is 0 Å². The quantitative estimate of drug-likeness (QED) is 0.726. The second-order valence-corrected chi connectivity index (χ2v) is 2.69. The fourth-order valence-electron chi connectivity index (χ4n) is 0.878. The number of hydrogen-bond acceptors (Lipinski definition) is 2. The van der Waals surface area contributed by atoms with E-state index in [9.17, 15) is 13.6 Å². The van der Waals surface area contributed by atoms with E-state index in [1.165, 1.54) is 0 Å². The standard InChI is InChI=1S/C7H7ClF2N2O/c8-2-3-1-4(5(9)10)7(13)12-6(3)11/h1,5H,2H2,(H3,11,12,13). The number of nitrogens with one attached hydrogen (secondary N) is 1. The van der Waals surface area contributed by atoms with Gasteiger partial charge in [0.1, 0.15) is 5.82 Å². The Morgan fingerprint density at radius 3 is 2.69 bits per heavy atom. The van der Waals surface area contributed by atoms with Crippen LogP contribution in [0.15, 0.2) is 10.9 Å². The topological polar surface area (TPSA) is 58.9 Å². The fraction of sp³-hybridized carbons (Fsp3) is 0.286. The Balaban J connectivity index is 3.31. The smallest absolute Gasteiger partial charge is 0.269 e. The zero-order valence-electron chi connectivity index (χ0n) is 6.48. The summed E-state index contributed by atoms with van der Waals surface area (Å²) in [5, 5.41) is 0. The van der Waals surface area contributed by atoms with Crippen LogP contribution in [0.4, 0.5) is 14.6 Å². The van der Waals surface area contributed by atoms with Crippen LogP contribution < -0.4 is 11.3 Å². The summed E-state index contributed by atoms with van der Waals surface area (Å²) in [5.74, 6) is 0.0203. The maximum atomic E-state index is 12.2. The molecule has 0 saturated heterocycles. The molecule has 0 aliphatic carbocycles. The fourth-order valence-corrected chi connectivity index (χ4v) is 1.10. The van der Waals surface area contributed by atoms with E-state index in [0.717, 1.165) is 6.07 Å². The highest BCUT2D eigenvalue weighted by Crippen LogP contribution is 2.18. The Labute approximate surface area is 77.5 Å². The predicted molar refractivity (Wildman–Crippen MR) is 46.0 cm³/mol. The lowest BCUT2D eigenvalue weighted by atomic mass is 10.2. The van der Waals surface area contributed by atoms with Crippen molar-refractivity contribution in [1.29, 1.82) is 0 Å². The molecule has 3 nitrogen and oxygen atoms in total. The van der Waals surface area contributed by atoms with E-state index in [1.54, 1.807) is 0 Å². The van der Waals surface area contributed by atoms with Crippen molar-refractivity contribution in [3.05, 3.63) is 27.5 Å². The van der Waals surface area contributed by atoms with Gasteiger partial charge in [-0.25, -0.2) is 8.78 Å². The third-order valence-electron chi connectivity index (χ3n) is 1.57. The molecule has 0 fully saturated rings. The molecule has 0 aliphatic rings. The Morgan fingerprint density at radius 1 is 1.62 bits per heavy atom. The van der Waals surface area contributed by atoms with Crippen LogP contribution >= 0.6 is 11.6 Å². The summed E-state index contributed by atoms with van der Waals surface area (Å²) in [6.07, 6.45) is -2.81. The van der Waals surface area contributed by atoms with Gasteiger partial charge < -0.3 is 10.7 Å². The van der Waals surface area contributed by atoms with Crippen molar-refractivity contribution in [2.75, 3.05) is 5.73 Å². The first kappa shape index (κ1) is 9.98. The van der Waals surface area contributed by atoms with E-state index in [0.29, 0.717) is 5.56 Å². The first-order chi connectivity index (χ1) is 6.06. The molecule has 0 atom stereocenters. The number of H-pyrrole nitrogens is 1. The van der Waals surface area contributed by atoms with Crippen molar-refractivity contribution < 1.29 is 8.78 Å². The van der Waals surface area contributed by atoms with Crippen molar-refractivity contribution >= 4 is 17.4 Å². The van der Waals surface area contributed by atoms with Crippen LogP contribution in [0.3, 0.4) is 0 Å². The van der Waals surface area contributed by atoms with E-state index in [4.69, 9.17) is 17.3 Å². The van der Waals surface area contributed by atoms with Gasteiger partial charge in [0, 0.05) is 5.56 Å². The van der Waals surface area contributed by atoms with Gasteiger partial charge >= 0.3 is 0 Å². The summed E-state index contributed by atoms with van der Waals surface area (Å²) in [4.78, 5) is 13.0. The van der Waals surface area contributed by atoms with Crippen LogP contribution in [-0.2, 0) is 5.88 Å². The molecule has 13 heavy (non-hydrogen) atoms. The van der Waals surface area contributed by atoms with E-state index >= 15 is 0 Å². The van der Waals surface area contributed by atoms with Gasteiger partial charge in [0.25, 0.3) is 12.0 Å². The molecule has 6 heteroatoms. The zero-order chi connectivity index (χ0) is 10.0. The number of nitrogens with two attached hydrogens (primary N) is 1. The molecule has 0 spiro atoms. The van der Waals surface area contributed by atoms with Crippen LogP contribution in [0.5, 0.6) is 0 Å². The molecule has 1 heterocycles. The lowest BCUT2D eigenvalue weighted by Gasteiger charge is -2.04. The molecular weight excluding hydrogens is 202 g/mol. The van der Waals surface area contributed by atoms with Gasteiger partial charge in [-0.05, 0) is 6.07 Å². The van der Waals surface area contributed by atoms with Gasteiger partial charge in [0.15, 0.2) is 0 Å². The van der Waals surface area contributed by atoms with Gasteiger partial charge in [-0.15, -0.1) is 11.6 Å². The summed E-state index contributed by atoms with van der Waals surface area (Å²) in [5.41, 5.74) is 4.14. The van der Waals surface area contributed by atoms with Gasteiger partial charge in [0.2, 0.25) is 0 Å². The Hall–Kier alpha value is -1.10. The largest absolute Gasteiger partial charge is 0.385 e. The summed E-state index contributed by atoms with van der Waals surface area (Å²) in [6, 6.07) is 1.02.